The quantitative estimate of drug-likeness (QED) is 0.408. The number of esters is 2. The van der Waals surface area contributed by atoms with Gasteiger partial charge in [-0.2, -0.15) is 0 Å². The van der Waals surface area contributed by atoms with Crippen LogP contribution in [0.15, 0.2) is 36.4 Å². The first kappa shape index (κ1) is 24.8. The van der Waals surface area contributed by atoms with Crippen molar-refractivity contribution in [2.45, 2.75) is 0 Å². The maximum atomic E-state index is 12.2. The predicted octanol–water partition coefficient (Wildman–Crippen LogP) is 1.42. The summed E-state index contributed by atoms with van der Waals surface area (Å²) < 4.78 is 20.4. The summed E-state index contributed by atoms with van der Waals surface area (Å²) in [7, 11) is 2.75. The summed E-state index contributed by atoms with van der Waals surface area (Å²) in [6.07, 6.45) is 0. The van der Waals surface area contributed by atoms with Crippen LogP contribution in [-0.4, -0.2) is 85.8 Å². The second-order valence-electron chi connectivity index (χ2n) is 6.61. The van der Waals surface area contributed by atoms with E-state index in [1.54, 1.807) is 4.90 Å². The van der Waals surface area contributed by atoms with Crippen molar-refractivity contribution in [2.75, 3.05) is 53.7 Å². The van der Waals surface area contributed by atoms with Gasteiger partial charge in [-0.3, -0.25) is 4.90 Å². The van der Waals surface area contributed by atoms with Gasteiger partial charge in [0.2, 0.25) is 0 Å². The lowest BCUT2D eigenvalue weighted by Crippen LogP contribution is -2.34. The maximum Gasteiger partial charge on any atom is 0.338 e. The maximum absolute atomic E-state index is 12.2. The van der Waals surface area contributed by atoms with Crippen LogP contribution in [0.1, 0.15) is 20.7 Å². The molecule has 32 heavy (non-hydrogen) atoms. The van der Waals surface area contributed by atoms with E-state index in [2.05, 4.69) is 0 Å². The molecule has 0 radical (unpaired) electrons. The first-order valence-corrected chi connectivity index (χ1v) is 9.81. The molecule has 0 saturated heterocycles. The Morgan fingerprint density at radius 1 is 0.781 bits per heavy atom. The van der Waals surface area contributed by atoms with E-state index < -0.39 is 11.9 Å². The van der Waals surface area contributed by atoms with Crippen molar-refractivity contribution in [2.24, 2.45) is 0 Å². The van der Waals surface area contributed by atoms with Crippen molar-refractivity contribution in [3.63, 3.8) is 0 Å². The van der Waals surface area contributed by atoms with E-state index in [0.717, 1.165) is 0 Å². The van der Waals surface area contributed by atoms with Gasteiger partial charge in [0.15, 0.2) is 23.0 Å². The van der Waals surface area contributed by atoms with Crippen molar-refractivity contribution in [3.8, 4) is 23.0 Å². The standard InChI is InChI=1S/C22H27NO9/c1-29-19-13-15(3-5-17(19)25)21(27)31-11-8-23(7-10-24)9-12-32-22(28)16-4-6-18(26)20(14-16)30-2/h3-6,13-14,24-26H,7-12H2,1-2H3. The lowest BCUT2D eigenvalue weighted by molar-refractivity contribution is 0.0381. The molecule has 0 aromatic heterocycles. The van der Waals surface area contributed by atoms with E-state index in [4.69, 9.17) is 18.9 Å². The Hall–Kier alpha value is -3.50. The summed E-state index contributed by atoms with van der Waals surface area (Å²) in [5, 5.41) is 28.4. The highest BCUT2D eigenvalue weighted by Gasteiger charge is 2.14. The van der Waals surface area contributed by atoms with Gasteiger partial charge in [0.05, 0.1) is 32.0 Å². The van der Waals surface area contributed by atoms with Crippen LogP contribution < -0.4 is 9.47 Å². The number of hydrogen-bond donors (Lipinski definition) is 3. The van der Waals surface area contributed by atoms with Crippen LogP contribution in [-0.2, 0) is 9.47 Å². The zero-order valence-corrected chi connectivity index (χ0v) is 17.9. The average molecular weight is 449 g/mol. The molecule has 0 saturated carbocycles. The van der Waals surface area contributed by atoms with Crippen LogP contribution in [0.25, 0.3) is 0 Å². The third-order valence-electron chi connectivity index (χ3n) is 4.53. The number of rotatable bonds is 12. The fraction of sp³-hybridized carbons (Fsp3) is 0.364. The van der Waals surface area contributed by atoms with E-state index in [0.29, 0.717) is 19.6 Å². The number of aromatic hydroxyl groups is 2. The summed E-state index contributed by atoms with van der Waals surface area (Å²) in [4.78, 5) is 26.1. The monoisotopic (exact) mass is 449 g/mol. The Bertz CT molecular complexity index is 845. The zero-order valence-electron chi connectivity index (χ0n) is 17.9. The summed E-state index contributed by atoms with van der Waals surface area (Å²) in [6.45, 7) is 0.899. The van der Waals surface area contributed by atoms with Gasteiger partial charge >= 0.3 is 11.9 Å². The topological polar surface area (TPSA) is 135 Å². The molecule has 0 aliphatic rings. The number of carbonyl (C=O) groups is 2. The van der Waals surface area contributed by atoms with Gasteiger partial charge < -0.3 is 34.3 Å². The fourth-order valence-corrected chi connectivity index (χ4v) is 2.79. The number of phenols is 2. The van der Waals surface area contributed by atoms with E-state index in [1.807, 2.05) is 0 Å². The number of methoxy groups -OCH3 is 2. The molecule has 10 nitrogen and oxygen atoms in total. The number of nitrogens with zero attached hydrogens (tertiary/aromatic N) is 1. The zero-order chi connectivity index (χ0) is 23.5. The molecule has 0 heterocycles. The van der Waals surface area contributed by atoms with Gasteiger partial charge in [-0.1, -0.05) is 0 Å². The molecule has 2 aromatic rings. The minimum Gasteiger partial charge on any atom is -0.504 e. The molecule has 3 N–H and O–H groups in total. The second-order valence-corrected chi connectivity index (χ2v) is 6.61. The smallest absolute Gasteiger partial charge is 0.338 e. The first-order chi connectivity index (χ1) is 15.4. The first-order valence-electron chi connectivity index (χ1n) is 9.81. The van der Waals surface area contributed by atoms with Gasteiger partial charge in [-0.25, -0.2) is 9.59 Å². The number of benzene rings is 2. The molecule has 10 heteroatoms. The summed E-state index contributed by atoms with van der Waals surface area (Å²) in [5.74, 6) is -1.01. The molecule has 0 amide bonds. The Labute approximate surface area is 185 Å². The number of ether oxygens (including phenoxy) is 4. The SMILES string of the molecule is COc1cc(C(=O)OCCN(CCO)CCOC(=O)c2ccc(O)c(OC)c2)ccc1O. The molecule has 2 aromatic carbocycles. The van der Waals surface area contributed by atoms with Crippen LogP contribution in [0, 0.1) is 0 Å². The molecule has 0 aliphatic heterocycles. The Morgan fingerprint density at radius 3 is 1.59 bits per heavy atom. The van der Waals surface area contributed by atoms with Gasteiger partial charge in [0.25, 0.3) is 0 Å². The molecule has 0 spiro atoms. The molecular weight excluding hydrogens is 422 g/mol. The van der Waals surface area contributed by atoms with E-state index in [9.17, 15) is 24.9 Å². The minimum atomic E-state index is -0.583. The summed E-state index contributed by atoms with van der Waals surface area (Å²) in [5.41, 5.74) is 0.457. The van der Waals surface area contributed by atoms with Crippen molar-refractivity contribution in [3.05, 3.63) is 47.5 Å². The van der Waals surface area contributed by atoms with Crippen LogP contribution in [0.3, 0.4) is 0 Å². The largest absolute Gasteiger partial charge is 0.504 e. The predicted molar refractivity (Wildman–Crippen MR) is 113 cm³/mol. The second kappa shape index (κ2) is 12.4. The lowest BCUT2D eigenvalue weighted by atomic mass is 10.2. The molecular formula is C22H27NO9. The molecule has 0 aliphatic carbocycles. The van der Waals surface area contributed by atoms with Gasteiger partial charge in [-0.15, -0.1) is 0 Å². The third-order valence-corrected chi connectivity index (χ3v) is 4.53. The van der Waals surface area contributed by atoms with Gasteiger partial charge in [-0.05, 0) is 36.4 Å². The van der Waals surface area contributed by atoms with Crippen molar-refractivity contribution >= 4 is 11.9 Å². The molecule has 174 valence electrons. The summed E-state index contributed by atoms with van der Waals surface area (Å²) >= 11 is 0. The van der Waals surface area contributed by atoms with E-state index in [1.165, 1.54) is 50.6 Å². The number of aliphatic hydroxyl groups is 1. The molecule has 0 fully saturated rings. The van der Waals surface area contributed by atoms with Crippen molar-refractivity contribution in [1.29, 1.82) is 0 Å². The minimum absolute atomic E-state index is 0.0468. The molecule has 2 rings (SSSR count). The van der Waals surface area contributed by atoms with Gasteiger partial charge in [0.1, 0.15) is 13.2 Å². The number of phenolic OH excluding ortho intramolecular Hbond substituents is 2. The molecule has 0 bridgehead atoms. The Balaban J connectivity index is 1.81. The Kier molecular flexibility index (Phi) is 9.58. The number of aliphatic hydroxyl groups excluding tert-OH is 1. The van der Waals surface area contributed by atoms with Crippen molar-refractivity contribution in [1.82, 2.24) is 4.90 Å². The van der Waals surface area contributed by atoms with Crippen LogP contribution in [0.5, 0.6) is 23.0 Å². The summed E-state index contributed by atoms with van der Waals surface area (Å²) in [6, 6.07) is 8.27. The highest BCUT2D eigenvalue weighted by molar-refractivity contribution is 5.90. The van der Waals surface area contributed by atoms with E-state index in [-0.39, 0.29) is 53.9 Å². The average Bonchev–Trinajstić information content (AvgIpc) is 2.79. The Morgan fingerprint density at radius 2 is 1.22 bits per heavy atom. The lowest BCUT2D eigenvalue weighted by Gasteiger charge is -2.21. The number of carbonyl (C=O) groups excluding carboxylic acids is 2. The molecule has 0 unspecified atom stereocenters. The number of hydrogen-bond acceptors (Lipinski definition) is 10. The van der Waals surface area contributed by atoms with Crippen LogP contribution in [0.4, 0.5) is 0 Å². The highest BCUT2D eigenvalue weighted by Crippen LogP contribution is 2.27. The fourth-order valence-electron chi connectivity index (χ4n) is 2.79. The van der Waals surface area contributed by atoms with E-state index >= 15 is 0 Å². The normalized spacial score (nSPS) is 10.6. The van der Waals surface area contributed by atoms with Crippen molar-refractivity contribution < 1.29 is 43.9 Å². The third kappa shape index (κ3) is 7.03. The highest BCUT2D eigenvalue weighted by atomic mass is 16.5. The van der Waals surface area contributed by atoms with Gasteiger partial charge in [0, 0.05) is 19.6 Å². The van der Waals surface area contributed by atoms with Crippen LogP contribution >= 0.6 is 0 Å². The molecule has 0 atom stereocenters. The van der Waals surface area contributed by atoms with Crippen LogP contribution in [0.2, 0.25) is 0 Å².